The number of imidazole rings is 1. The number of carboxylic acids is 1. The fourth-order valence-electron chi connectivity index (χ4n) is 5.69. The number of aromatic nitrogens is 3. The summed E-state index contributed by atoms with van der Waals surface area (Å²) in [5.41, 5.74) is 1.97. The summed E-state index contributed by atoms with van der Waals surface area (Å²) in [6, 6.07) is 11.2. The fraction of sp³-hybridized carbons (Fsp3) is 0.552. The molecule has 5 heterocycles. The van der Waals surface area contributed by atoms with E-state index < -0.39 is 5.97 Å². The van der Waals surface area contributed by atoms with Gasteiger partial charge in [0, 0.05) is 38.9 Å². The van der Waals surface area contributed by atoms with Crippen molar-refractivity contribution in [3.8, 4) is 5.88 Å². The number of carboxylic acid groups (broad SMARTS) is 1. The molecule has 3 aliphatic rings. The average molecular weight is 535 g/mol. The van der Waals surface area contributed by atoms with E-state index in [1.54, 1.807) is 12.1 Å². The lowest BCUT2D eigenvalue weighted by molar-refractivity contribution is -0.0592. The van der Waals surface area contributed by atoms with Gasteiger partial charge in [0.2, 0.25) is 5.88 Å². The fourth-order valence-corrected chi connectivity index (χ4v) is 5.69. The highest BCUT2D eigenvalue weighted by molar-refractivity contribution is 5.92. The Morgan fingerprint density at radius 3 is 2.56 bits per heavy atom. The van der Waals surface area contributed by atoms with Crippen LogP contribution in [0.25, 0.3) is 11.0 Å². The number of fused-ring (bicyclic) bond motifs is 1. The van der Waals surface area contributed by atoms with Crippen LogP contribution in [0.3, 0.4) is 0 Å². The second kappa shape index (κ2) is 11.5. The molecule has 3 saturated heterocycles. The minimum atomic E-state index is -0.924. The summed E-state index contributed by atoms with van der Waals surface area (Å²) in [7, 11) is 2.18. The number of aromatic carboxylic acids is 1. The lowest BCUT2D eigenvalue weighted by Crippen LogP contribution is -2.46. The van der Waals surface area contributed by atoms with E-state index in [0.717, 1.165) is 81.6 Å². The van der Waals surface area contributed by atoms with Crippen LogP contribution in [-0.2, 0) is 17.8 Å². The number of nitrogens with zero attached hydrogens (tertiary/aromatic N) is 6. The van der Waals surface area contributed by atoms with E-state index in [1.807, 2.05) is 18.2 Å². The lowest BCUT2D eigenvalue weighted by Gasteiger charge is -2.35. The molecule has 0 unspecified atom stereocenters. The maximum Gasteiger partial charge on any atom is 0.335 e. The smallest absolute Gasteiger partial charge is 0.335 e. The molecule has 0 amide bonds. The number of hydrogen-bond donors (Lipinski definition) is 1. The molecule has 3 fully saturated rings. The third-order valence-electron chi connectivity index (χ3n) is 8.33. The lowest BCUT2D eigenvalue weighted by atomic mass is 9.98. The Morgan fingerprint density at radius 2 is 1.85 bits per heavy atom. The van der Waals surface area contributed by atoms with E-state index in [1.165, 1.54) is 12.8 Å². The Labute approximate surface area is 229 Å². The van der Waals surface area contributed by atoms with Crippen LogP contribution in [0.5, 0.6) is 5.88 Å². The van der Waals surface area contributed by atoms with Crippen molar-refractivity contribution in [2.75, 3.05) is 64.4 Å². The molecule has 10 heteroatoms. The monoisotopic (exact) mass is 534 g/mol. The van der Waals surface area contributed by atoms with Gasteiger partial charge in [-0.05, 0) is 69.6 Å². The highest BCUT2D eigenvalue weighted by Gasteiger charge is 2.25. The maximum absolute atomic E-state index is 11.6. The van der Waals surface area contributed by atoms with Crippen LogP contribution in [0.4, 0.5) is 5.82 Å². The molecule has 1 aromatic carbocycles. The van der Waals surface area contributed by atoms with E-state index in [9.17, 15) is 9.90 Å². The quantitative estimate of drug-likeness (QED) is 0.444. The van der Waals surface area contributed by atoms with Crippen molar-refractivity contribution < 1.29 is 19.4 Å². The van der Waals surface area contributed by atoms with E-state index in [-0.39, 0.29) is 11.7 Å². The molecule has 0 spiro atoms. The molecule has 6 rings (SSSR count). The molecule has 0 saturated carbocycles. The van der Waals surface area contributed by atoms with Crippen LogP contribution in [0.2, 0.25) is 0 Å². The van der Waals surface area contributed by atoms with Crippen molar-refractivity contribution >= 4 is 22.8 Å². The Kier molecular flexibility index (Phi) is 7.67. The Balaban J connectivity index is 1.08. The summed E-state index contributed by atoms with van der Waals surface area (Å²) in [5.74, 6) is 2.31. The standard InChI is InChI=1S/C29H38N6O4/c1-32-10-7-21(8-11-32)20-39-28-4-2-3-26(31-28)34-14-12-33(13-15-34)19-27-30-24-6-5-22(29(36)37)17-25(24)35(27)18-23-9-16-38-23/h2-6,17,21,23H,7-16,18-20H2,1H3,(H,36,37)/t23-/m0/s1. The minimum absolute atomic E-state index is 0.159. The number of anilines is 1. The zero-order chi connectivity index (χ0) is 26.8. The van der Waals surface area contributed by atoms with Gasteiger partial charge in [0.1, 0.15) is 11.6 Å². The molecule has 0 radical (unpaired) electrons. The van der Waals surface area contributed by atoms with E-state index in [2.05, 4.69) is 32.4 Å². The second-order valence-electron chi connectivity index (χ2n) is 11.1. The molecule has 39 heavy (non-hydrogen) atoms. The van der Waals surface area contributed by atoms with Gasteiger partial charge in [-0.25, -0.2) is 9.78 Å². The van der Waals surface area contributed by atoms with Crippen LogP contribution >= 0.6 is 0 Å². The van der Waals surface area contributed by atoms with Crippen molar-refractivity contribution in [3.63, 3.8) is 0 Å². The first-order valence-corrected chi connectivity index (χ1v) is 14.1. The molecular weight excluding hydrogens is 496 g/mol. The number of ether oxygens (including phenoxy) is 2. The Bertz CT molecular complexity index is 1290. The number of piperidine rings is 1. The highest BCUT2D eigenvalue weighted by atomic mass is 16.5. The van der Waals surface area contributed by atoms with E-state index >= 15 is 0 Å². The molecule has 0 aliphatic carbocycles. The average Bonchev–Trinajstić information content (AvgIpc) is 3.26. The number of piperazine rings is 1. The molecule has 1 atom stereocenters. The summed E-state index contributed by atoms with van der Waals surface area (Å²) in [5, 5.41) is 9.49. The number of rotatable bonds is 9. The van der Waals surface area contributed by atoms with Crippen LogP contribution in [0, 0.1) is 5.92 Å². The molecule has 1 N–H and O–H groups in total. The summed E-state index contributed by atoms with van der Waals surface area (Å²) < 4.78 is 14.0. The van der Waals surface area contributed by atoms with Crippen LogP contribution in [0.1, 0.15) is 35.4 Å². The van der Waals surface area contributed by atoms with Gasteiger partial charge in [0.05, 0.1) is 42.4 Å². The summed E-state index contributed by atoms with van der Waals surface area (Å²) in [4.78, 5) is 28.4. The topological polar surface area (TPSA) is 96.2 Å². The molecule has 3 aromatic rings. The predicted molar refractivity (Wildman–Crippen MR) is 148 cm³/mol. The van der Waals surface area contributed by atoms with Crippen molar-refractivity contribution in [1.29, 1.82) is 0 Å². The largest absolute Gasteiger partial charge is 0.478 e. The van der Waals surface area contributed by atoms with Gasteiger partial charge in [0.25, 0.3) is 0 Å². The molecule has 208 valence electrons. The first kappa shape index (κ1) is 26.0. The zero-order valence-electron chi connectivity index (χ0n) is 22.7. The highest BCUT2D eigenvalue weighted by Crippen LogP contribution is 2.25. The van der Waals surface area contributed by atoms with Crippen molar-refractivity contribution in [2.45, 2.75) is 38.5 Å². The van der Waals surface area contributed by atoms with E-state index in [4.69, 9.17) is 19.4 Å². The Morgan fingerprint density at radius 1 is 1.05 bits per heavy atom. The van der Waals surface area contributed by atoms with Crippen LogP contribution in [0.15, 0.2) is 36.4 Å². The summed E-state index contributed by atoms with van der Waals surface area (Å²) in [6.07, 6.45) is 3.54. The van der Waals surface area contributed by atoms with Crippen molar-refractivity contribution in [1.82, 2.24) is 24.3 Å². The SMILES string of the molecule is CN1CCC(COc2cccc(N3CCN(Cc4nc5ccc(C(=O)O)cc5n4C[C@@H]4CCO4)CC3)n2)CC1. The van der Waals surface area contributed by atoms with Gasteiger partial charge >= 0.3 is 5.97 Å². The van der Waals surface area contributed by atoms with E-state index in [0.29, 0.717) is 24.9 Å². The van der Waals surface area contributed by atoms with Crippen LogP contribution < -0.4 is 9.64 Å². The predicted octanol–water partition coefficient (Wildman–Crippen LogP) is 2.96. The van der Waals surface area contributed by atoms with Gasteiger partial charge in [-0.1, -0.05) is 6.07 Å². The van der Waals surface area contributed by atoms with Gasteiger partial charge in [0.15, 0.2) is 0 Å². The number of hydrogen-bond acceptors (Lipinski definition) is 8. The number of likely N-dealkylation sites (tertiary alicyclic amines) is 1. The van der Waals surface area contributed by atoms with Gasteiger partial charge in [-0.3, -0.25) is 4.90 Å². The molecular formula is C29H38N6O4. The van der Waals surface area contributed by atoms with Gasteiger partial charge in [-0.2, -0.15) is 4.98 Å². The second-order valence-corrected chi connectivity index (χ2v) is 11.1. The van der Waals surface area contributed by atoms with Crippen LogP contribution in [-0.4, -0.2) is 101 Å². The first-order chi connectivity index (χ1) is 19.0. The third kappa shape index (κ3) is 6.03. The van der Waals surface area contributed by atoms with Crippen molar-refractivity contribution in [2.24, 2.45) is 5.92 Å². The van der Waals surface area contributed by atoms with Gasteiger partial charge in [-0.15, -0.1) is 0 Å². The third-order valence-corrected chi connectivity index (χ3v) is 8.33. The maximum atomic E-state index is 11.6. The molecule has 0 bridgehead atoms. The van der Waals surface area contributed by atoms with Gasteiger partial charge < -0.3 is 28.9 Å². The molecule has 2 aromatic heterocycles. The Hall–Kier alpha value is -3.21. The number of pyridine rings is 1. The number of benzene rings is 1. The normalized spacial score (nSPS) is 21.3. The number of carbonyl (C=O) groups is 1. The summed E-state index contributed by atoms with van der Waals surface area (Å²) in [6.45, 7) is 8.75. The summed E-state index contributed by atoms with van der Waals surface area (Å²) >= 11 is 0. The zero-order valence-corrected chi connectivity index (χ0v) is 22.7. The molecule has 10 nitrogen and oxygen atoms in total. The van der Waals surface area contributed by atoms with Crippen molar-refractivity contribution in [3.05, 3.63) is 47.8 Å². The molecule has 3 aliphatic heterocycles. The minimum Gasteiger partial charge on any atom is -0.478 e. The first-order valence-electron chi connectivity index (χ1n) is 14.1.